The van der Waals surface area contributed by atoms with Crippen molar-refractivity contribution in [2.75, 3.05) is 13.2 Å². The fourth-order valence-electron chi connectivity index (χ4n) is 5.33. The molecule has 1 fully saturated rings. The molecule has 1 unspecified atom stereocenters. The van der Waals surface area contributed by atoms with Gasteiger partial charge >= 0.3 is 0 Å². The lowest BCUT2D eigenvalue weighted by atomic mass is 9.73. The molecular weight excluding hydrogens is 408 g/mol. The zero-order chi connectivity index (χ0) is 21.6. The van der Waals surface area contributed by atoms with Crippen molar-refractivity contribution in [3.63, 3.8) is 0 Å². The van der Waals surface area contributed by atoms with Crippen LogP contribution in [0.3, 0.4) is 0 Å². The van der Waals surface area contributed by atoms with Gasteiger partial charge in [-0.25, -0.2) is 0 Å². The molecule has 2 aliphatic rings. The van der Waals surface area contributed by atoms with E-state index >= 15 is 0 Å². The first-order valence-electron chi connectivity index (χ1n) is 11.3. The van der Waals surface area contributed by atoms with E-state index in [1.165, 1.54) is 27.7 Å². The fraction of sp³-hybridized carbons (Fsp3) is 0.440. The third kappa shape index (κ3) is 3.81. The van der Waals surface area contributed by atoms with Gasteiger partial charge in [0.25, 0.3) is 10.1 Å². The lowest BCUT2D eigenvalue weighted by Crippen LogP contribution is -2.48. The second kappa shape index (κ2) is 8.08. The number of benzene rings is 2. The lowest BCUT2D eigenvalue weighted by molar-refractivity contribution is 0.187. The van der Waals surface area contributed by atoms with Crippen molar-refractivity contribution in [1.29, 1.82) is 0 Å². The van der Waals surface area contributed by atoms with Gasteiger partial charge in [-0.3, -0.25) is 4.18 Å². The van der Waals surface area contributed by atoms with Gasteiger partial charge in [0.1, 0.15) is 0 Å². The highest BCUT2D eigenvalue weighted by Crippen LogP contribution is 2.43. The van der Waals surface area contributed by atoms with Crippen LogP contribution in [0.25, 0.3) is 10.9 Å². The number of hydrogen-bond donors (Lipinski definition) is 2. The Morgan fingerprint density at radius 1 is 1.13 bits per heavy atom. The van der Waals surface area contributed by atoms with Crippen LogP contribution in [0.4, 0.5) is 0 Å². The van der Waals surface area contributed by atoms with E-state index in [1.807, 2.05) is 6.92 Å². The van der Waals surface area contributed by atoms with E-state index in [0.717, 1.165) is 37.8 Å². The van der Waals surface area contributed by atoms with E-state index in [4.69, 9.17) is 4.18 Å². The average molecular weight is 439 g/mol. The zero-order valence-electron chi connectivity index (χ0n) is 18.1. The second-order valence-electron chi connectivity index (χ2n) is 9.08. The van der Waals surface area contributed by atoms with Gasteiger partial charge in [-0.2, -0.15) is 8.42 Å². The Labute approximate surface area is 184 Å². The van der Waals surface area contributed by atoms with E-state index in [1.54, 1.807) is 24.3 Å². The number of hydrogen-bond acceptors (Lipinski definition) is 4. The van der Waals surface area contributed by atoms with Crippen molar-refractivity contribution in [3.05, 3.63) is 64.8 Å². The van der Waals surface area contributed by atoms with Crippen LogP contribution in [0.15, 0.2) is 47.4 Å². The quantitative estimate of drug-likeness (QED) is 0.558. The number of fused-ring (bicyclic) bond motifs is 2. The van der Waals surface area contributed by atoms with Crippen LogP contribution in [0.2, 0.25) is 0 Å². The van der Waals surface area contributed by atoms with Crippen molar-refractivity contribution < 1.29 is 12.6 Å². The fourth-order valence-corrected chi connectivity index (χ4v) is 6.31. The number of piperidine rings is 1. The molecule has 1 aliphatic carbocycles. The van der Waals surface area contributed by atoms with Crippen LogP contribution in [0, 0.1) is 12.8 Å². The topological polar surface area (TPSA) is 71.2 Å². The molecule has 1 aliphatic heterocycles. The molecule has 0 amide bonds. The summed E-state index contributed by atoms with van der Waals surface area (Å²) in [4.78, 5) is 3.88. The smallest absolute Gasteiger partial charge is 0.296 e. The van der Waals surface area contributed by atoms with Crippen LogP contribution in [0.1, 0.15) is 48.1 Å². The number of aryl methyl sites for hydroxylation is 2. The first-order chi connectivity index (χ1) is 15.0. The maximum atomic E-state index is 12.6. The second-order valence-corrected chi connectivity index (χ2v) is 10.7. The van der Waals surface area contributed by atoms with Crippen LogP contribution in [-0.4, -0.2) is 32.6 Å². The predicted octanol–water partition coefficient (Wildman–Crippen LogP) is 4.45. The highest BCUT2D eigenvalue weighted by atomic mass is 32.2. The van der Waals surface area contributed by atoms with Gasteiger partial charge in [-0.15, -0.1) is 0 Å². The molecule has 1 saturated heterocycles. The van der Waals surface area contributed by atoms with Crippen molar-refractivity contribution in [1.82, 2.24) is 10.3 Å². The van der Waals surface area contributed by atoms with Crippen LogP contribution in [0.5, 0.6) is 0 Å². The molecule has 0 spiro atoms. The molecule has 164 valence electrons. The Morgan fingerprint density at radius 3 is 2.71 bits per heavy atom. The van der Waals surface area contributed by atoms with Crippen molar-refractivity contribution >= 4 is 21.0 Å². The highest BCUT2D eigenvalue weighted by Gasteiger charge is 2.37. The van der Waals surface area contributed by atoms with E-state index in [0.29, 0.717) is 12.0 Å². The first kappa shape index (κ1) is 20.7. The van der Waals surface area contributed by atoms with Gasteiger partial charge in [-0.05, 0) is 61.4 Å². The summed E-state index contributed by atoms with van der Waals surface area (Å²) >= 11 is 0. The molecule has 2 N–H and O–H groups in total. The summed E-state index contributed by atoms with van der Waals surface area (Å²) < 4.78 is 30.7. The maximum Gasteiger partial charge on any atom is 0.296 e. The monoisotopic (exact) mass is 438 g/mol. The summed E-state index contributed by atoms with van der Waals surface area (Å²) in [7, 11) is -3.73. The van der Waals surface area contributed by atoms with Gasteiger partial charge in [0.05, 0.1) is 11.5 Å². The molecule has 3 atom stereocenters. The van der Waals surface area contributed by atoms with Crippen molar-refractivity contribution in [2.45, 2.75) is 56.4 Å². The summed E-state index contributed by atoms with van der Waals surface area (Å²) in [5.41, 5.74) is 6.49. The average Bonchev–Trinajstić information content (AvgIpc) is 3.11. The summed E-state index contributed by atoms with van der Waals surface area (Å²) in [5, 5.41) is 5.10. The molecule has 31 heavy (non-hydrogen) atoms. The predicted molar refractivity (Wildman–Crippen MR) is 123 cm³/mol. The third-order valence-electron chi connectivity index (χ3n) is 6.88. The molecule has 2 aromatic carbocycles. The molecule has 0 bridgehead atoms. The van der Waals surface area contributed by atoms with Crippen LogP contribution < -0.4 is 5.32 Å². The Hall–Kier alpha value is -2.15. The van der Waals surface area contributed by atoms with E-state index in [2.05, 4.69) is 35.4 Å². The number of aromatic nitrogens is 1. The molecule has 5 nitrogen and oxygen atoms in total. The molecule has 2 heterocycles. The normalized spacial score (nSPS) is 23.1. The Kier molecular flexibility index (Phi) is 5.40. The van der Waals surface area contributed by atoms with E-state index < -0.39 is 10.1 Å². The van der Waals surface area contributed by atoms with Gasteiger partial charge in [-0.1, -0.05) is 43.2 Å². The van der Waals surface area contributed by atoms with Gasteiger partial charge in [0, 0.05) is 35.1 Å². The summed E-state index contributed by atoms with van der Waals surface area (Å²) in [6, 6.07) is 13.8. The highest BCUT2D eigenvalue weighted by molar-refractivity contribution is 7.86. The summed E-state index contributed by atoms with van der Waals surface area (Å²) in [6.07, 6.45) is 4.18. The molecular formula is C25H30N2O3S. The van der Waals surface area contributed by atoms with Crippen molar-refractivity contribution in [2.24, 2.45) is 5.92 Å². The number of nitrogens with one attached hydrogen (secondary N) is 2. The zero-order valence-corrected chi connectivity index (χ0v) is 19.0. The van der Waals surface area contributed by atoms with Crippen LogP contribution in [-0.2, 0) is 27.1 Å². The SMILES string of the molecule is CCCc1[nH]c2cccc3c2c1C[C@H]1NC[C@H](COS(=O)(=O)c2ccc(C)cc2)CC31. The van der Waals surface area contributed by atoms with Gasteiger partial charge < -0.3 is 10.3 Å². The molecule has 0 saturated carbocycles. The summed E-state index contributed by atoms with van der Waals surface area (Å²) in [6.45, 7) is 5.15. The summed E-state index contributed by atoms with van der Waals surface area (Å²) in [5.74, 6) is 0.540. The molecule has 3 aromatic rings. The Morgan fingerprint density at radius 2 is 1.94 bits per heavy atom. The Bertz CT molecular complexity index is 1200. The minimum absolute atomic E-state index is 0.160. The largest absolute Gasteiger partial charge is 0.358 e. The van der Waals surface area contributed by atoms with E-state index in [-0.39, 0.29) is 17.4 Å². The maximum absolute atomic E-state index is 12.6. The van der Waals surface area contributed by atoms with Gasteiger partial charge in [0.15, 0.2) is 0 Å². The first-order valence-corrected chi connectivity index (χ1v) is 12.7. The Balaban J connectivity index is 1.35. The molecule has 1 aromatic heterocycles. The van der Waals surface area contributed by atoms with Gasteiger partial charge in [0.2, 0.25) is 0 Å². The minimum atomic E-state index is -3.73. The van der Waals surface area contributed by atoms with Crippen molar-refractivity contribution in [3.8, 4) is 0 Å². The number of aromatic amines is 1. The molecule has 6 heteroatoms. The van der Waals surface area contributed by atoms with E-state index in [9.17, 15) is 8.42 Å². The molecule has 5 rings (SSSR count). The third-order valence-corrected chi connectivity index (χ3v) is 8.18. The molecule has 0 radical (unpaired) electrons. The standard InChI is InChI=1S/C25H30N2O3S/c1-3-5-22-21-13-24-20(19-6-4-7-23(27-22)25(19)21)12-17(14-26-24)15-30-31(28,29)18-10-8-16(2)9-11-18/h4,6-11,17,20,24,26-27H,3,5,12-15H2,1-2H3/t17-,20?,24-/m1/s1. The van der Waals surface area contributed by atoms with Crippen LogP contribution >= 0.6 is 0 Å². The number of H-pyrrole nitrogens is 1. The lowest BCUT2D eigenvalue weighted by Gasteiger charge is -2.40. The minimum Gasteiger partial charge on any atom is -0.358 e. The number of rotatable bonds is 6.